The number of carbonyl (C=O) groups is 1. The van der Waals surface area contributed by atoms with Crippen molar-refractivity contribution in [2.75, 3.05) is 32.7 Å². The van der Waals surface area contributed by atoms with E-state index in [9.17, 15) is 4.79 Å². The summed E-state index contributed by atoms with van der Waals surface area (Å²) in [6, 6.07) is 5.78. The van der Waals surface area contributed by atoms with Crippen molar-refractivity contribution in [3.05, 3.63) is 29.6 Å². The van der Waals surface area contributed by atoms with Crippen LogP contribution in [0.5, 0.6) is 0 Å². The van der Waals surface area contributed by atoms with Crippen LogP contribution in [0.3, 0.4) is 0 Å². The average molecular weight is 305 g/mol. The number of aromatic nitrogens is 1. The Hall–Kier alpha value is -1.26. The van der Waals surface area contributed by atoms with E-state index < -0.39 is 0 Å². The zero-order valence-electron chi connectivity index (χ0n) is 14.8. The van der Waals surface area contributed by atoms with Gasteiger partial charge in [0.1, 0.15) is 5.69 Å². The summed E-state index contributed by atoms with van der Waals surface area (Å²) < 4.78 is 0. The van der Waals surface area contributed by atoms with Crippen LogP contribution in [-0.2, 0) is 6.54 Å². The predicted molar refractivity (Wildman–Crippen MR) is 92.1 cm³/mol. The quantitative estimate of drug-likeness (QED) is 0.783. The average Bonchev–Trinajstić information content (AvgIpc) is 2.57. The summed E-state index contributed by atoms with van der Waals surface area (Å²) in [4.78, 5) is 21.4. The van der Waals surface area contributed by atoms with Gasteiger partial charge in [-0.25, -0.2) is 4.98 Å². The lowest BCUT2D eigenvalue weighted by Gasteiger charge is -2.33. The molecule has 0 amide bonds. The number of piperazine rings is 1. The van der Waals surface area contributed by atoms with Crippen LogP contribution >= 0.6 is 0 Å². The zero-order valence-corrected chi connectivity index (χ0v) is 14.8. The Morgan fingerprint density at radius 2 is 1.73 bits per heavy atom. The van der Waals surface area contributed by atoms with Crippen LogP contribution < -0.4 is 0 Å². The Balaban J connectivity index is 0.00000116. The highest BCUT2D eigenvalue weighted by Crippen LogP contribution is 2.10. The summed E-state index contributed by atoms with van der Waals surface area (Å²) in [5.41, 5.74) is 1.60. The van der Waals surface area contributed by atoms with Crippen molar-refractivity contribution in [1.29, 1.82) is 0 Å². The number of nitrogens with zero attached hydrogens (tertiary/aromatic N) is 3. The number of pyridine rings is 1. The Labute approximate surface area is 135 Å². The summed E-state index contributed by atoms with van der Waals surface area (Å²) in [5, 5.41) is 0. The third-order valence-electron chi connectivity index (χ3n) is 3.88. The molecule has 1 fully saturated rings. The first kappa shape index (κ1) is 18.8. The van der Waals surface area contributed by atoms with Crippen LogP contribution in [0.2, 0.25) is 0 Å². The van der Waals surface area contributed by atoms with Gasteiger partial charge in [0.15, 0.2) is 5.78 Å². The summed E-state index contributed by atoms with van der Waals surface area (Å²) in [6.07, 6.45) is 0. The fraction of sp³-hybridized carbons (Fsp3) is 0.667. The molecule has 0 saturated carbocycles. The molecular weight excluding hydrogens is 274 g/mol. The van der Waals surface area contributed by atoms with E-state index >= 15 is 0 Å². The molecule has 0 bridgehead atoms. The molecule has 0 radical (unpaired) electrons. The fourth-order valence-corrected chi connectivity index (χ4v) is 2.49. The lowest BCUT2D eigenvalue weighted by atomic mass is 10.1. The second-order valence-corrected chi connectivity index (χ2v) is 5.74. The first-order valence-corrected chi connectivity index (χ1v) is 8.55. The first-order valence-electron chi connectivity index (χ1n) is 8.55. The number of rotatable bonds is 5. The molecule has 4 heteroatoms. The van der Waals surface area contributed by atoms with E-state index in [2.05, 4.69) is 21.7 Å². The van der Waals surface area contributed by atoms with Crippen LogP contribution in [0.4, 0.5) is 0 Å². The van der Waals surface area contributed by atoms with Gasteiger partial charge in [-0.05, 0) is 18.7 Å². The molecule has 124 valence electrons. The number of hydrogen-bond acceptors (Lipinski definition) is 4. The first-order chi connectivity index (χ1) is 10.6. The highest BCUT2D eigenvalue weighted by Gasteiger charge is 2.17. The lowest BCUT2D eigenvalue weighted by Crippen LogP contribution is -2.45. The normalized spacial score (nSPS) is 16.3. The van der Waals surface area contributed by atoms with Gasteiger partial charge in [0, 0.05) is 38.6 Å². The number of likely N-dealkylation sites (N-methyl/N-ethyl adjacent to an activating group) is 1. The van der Waals surface area contributed by atoms with E-state index in [0.29, 0.717) is 5.69 Å². The van der Waals surface area contributed by atoms with E-state index in [1.54, 1.807) is 0 Å². The van der Waals surface area contributed by atoms with Crippen molar-refractivity contribution >= 4 is 5.78 Å². The number of carbonyl (C=O) groups excluding carboxylic acids is 1. The summed E-state index contributed by atoms with van der Waals surface area (Å²) >= 11 is 0. The molecule has 0 N–H and O–H groups in total. The Kier molecular flexibility index (Phi) is 8.28. The molecular formula is C18H31N3O. The standard InChI is InChI=1S/C16H25N3O.C2H6/c1-4-18-8-10-19(11-9-18)12-14-6-5-7-15(17-14)16(20)13(2)3;1-2/h5-7,13H,4,8-12H2,1-3H3;1-2H3. The van der Waals surface area contributed by atoms with Gasteiger partial charge in [-0.2, -0.15) is 0 Å². The topological polar surface area (TPSA) is 36.4 Å². The molecule has 4 nitrogen and oxygen atoms in total. The highest BCUT2D eigenvalue weighted by molar-refractivity contribution is 5.95. The van der Waals surface area contributed by atoms with Gasteiger partial charge in [-0.15, -0.1) is 0 Å². The monoisotopic (exact) mass is 305 g/mol. The summed E-state index contributed by atoms with van der Waals surface area (Å²) in [7, 11) is 0. The minimum atomic E-state index is 0.00542. The minimum Gasteiger partial charge on any atom is -0.301 e. The summed E-state index contributed by atoms with van der Waals surface area (Å²) in [6.45, 7) is 16.4. The third-order valence-corrected chi connectivity index (χ3v) is 3.88. The SMILES string of the molecule is CC.CCN1CCN(Cc2cccc(C(=O)C(C)C)n2)CC1. The van der Waals surface area contributed by atoms with E-state index in [1.807, 2.05) is 45.9 Å². The van der Waals surface area contributed by atoms with Gasteiger partial charge in [0.25, 0.3) is 0 Å². The Morgan fingerprint density at radius 1 is 1.14 bits per heavy atom. The minimum absolute atomic E-state index is 0.00542. The van der Waals surface area contributed by atoms with Crippen LogP contribution in [0, 0.1) is 5.92 Å². The second kappa shape index (κ2) is 9.70. The molecule has 1 aliphatic heterocycles. The molecule has 0 spiro atoms. The van der Waals surface area contributed by atoms with Gasteiger partial charge in [0.05, 0.1) is 5.69 Å². The van der Waals surface area contributed by atoms with Crippen LogP contribution in [0.1, 0.15) is 50.8 Å². The van der Waals surface area contributed by atoms with Gasteiger partial charge in [-0.1, -0.05) is 40.7 Å². The Bertz CT molecular complexity index is 451. The van der Waals surface area contributed by atoms with Crippen LogP contribution in [-0.4, -0.2) is 53.3 Å². The van der Waals surface area contributed by atoms with Crippen molar-refractivity contribution in [3.8, 4) is 0 Å². The maximum Gasteiger partial charge on any atom is 0.183 e. The molecule has 22 heavy (non-hydrogen) atoms. The molecule has 0 atom stereocenters. The molecule has 0 aromatic carbocycles. The molecule has 0 aliphatic carbocycles. The van der Waals surface area contributed by atoms with Crippen LogP contribution in [0.15, 0.2) is 18.2 Å². The summed E-state index contributed by atoms with van der Waals surface area (Å²) in [5.74, 6) is 0.133. The van der Waals surface area contributed by atoms with Gasteiger partial charge >= 0.3 is 0 Å². The van der Waals surface area contributed by atoms with E-state index in [-0.39, 0.29) is 11.7 Å². The van der Waals surface area contributed by atoms with Gasteiger partial charge in [0.2, 0.25) is 0 Å². The number of ketones is 1. The fourth-order valence-electron chi connectivity index (χ4n) is 2.49. The lowest BCUT2D eigenvalue weighted by molar-refractivity contribution is 0.0933. The highest BCUT2D eigenvalue weighted by atomic mass is 16.1. The smallest absolute Gasteiger partial charge is 0.183 e. The molecule has 2 rings (SSSR count). The third kappa shape index (κ3) is 5.50. The molecule has 2 heterocycles. The number of hydrogen-bond donors (Lipinski definition) is 0. The molecule has 1 aromatic heterocycles. The molecule has 1 aromatic rings. The Morgan fingerprint density at radius 3 is 2.27 bits per heavy atom. The zero-order chi connectivity index (χ0) is 16.5. The molecule has 0 unspecified atom stereocenters. The molecule has 1 aliphatic rings. The van der Waals surface area contributed by atoms with E-state index in [1.165, 1.54) is 0 Å². The molecule has 1 saturated heterocycles. The van der Waals surface area contributed by atoms with Gasteiger partial charge < -0.3 is 4.90 Å². The predicted octanol–water partition coefficient (Wildman–Crippen LogP) is 3.08. The van der Waals surface area contributed by atoms with E-state index in [0.717, 1.165) is 45.0 Å². The number of Topliss-reactive ketones (excluding diaryl/α,β-unsaturated/α-hetero) is 1. The van der Waals surface area contributed by atoms with Crippen molar-refractivity contribution in [3.63, 3.8) is 0 Å². The maximum absolute atomic E-state index is 12.0. The largest absolute Gasteiger partial charge is 0.301 e. The van der Waals surface area contributed by atoms with Crippen molar-refractivity contribution in [1.82, 2.24) is 14.8 Å². The second-order valence-electron chi connectivity index (χ2n) is 5.74. The van der Waals surface area contributed by atoms with E-state index in [4.69, 9.17) is 0 Å². The van der Waals surface area contributed by atoms with Gasteiger partial charge in [-0.3, -0.25) is 9.69 Å². The maximum atomic E-state index is 12.0. The van der Waals surface area contributed by atoms with Crippen molar-refractivity contribution < 1.29 is 4.79 Å². The van der Waals surface area contributed by atoms with Crippen LogP contribution in [0.25, 0.3) is 0 Å². The van der Waals surface area contributed by atoms with Crippen molar-refractivity contribution in [2.24, 2.45) is 5.92 Å². The van der Waals surface area contributed by atoms with Crippen molar-refractivity contribution in [2.45, 2.75) is 41.2 Å².